The molecule has 1 amide bonds. The van der Waals surface area contributed by atoms with Gasteiger partial charge in [0.25, 0.3) is 5.91 Å². The molecule has 0 radical (unpaired) electrons. The first-order valence-electron chi connectivity index (χ1n) is 6.15. The molecule has 1 rings (SSSR count). The normalized spacial score (nSPS) is 11.4. The van der Waals surface area contributed by atoms with Gasteiger partial charge in [-0.1, -0.05) is 45.7 Å². The average molecular weight is 395 g/mol. The molecule has 0 aliphatic heterocycles. The summed E-state index contributed by atoms with van der Waals surface area (Å²) in [4.78, 5) is 12.0. The van der Waals surface area contributed by atoms with E-state index in [1.165, 1.54) is 12.1 Å². The predicted octanol–water partition coefficient (Wildman–Crippen LogP) is 4.52. The number of rotatable bonds is 6. The minimum atomic E-state index is -0.501. The van der Waals surface area contributed by atoms with E-state index in [4.69, 9.17) is 0 Å². The molecule has 5 heteroatoms. The lowest BCUT2D eigenvalue weighted by Crippen LogP contribution is -2.34. The second-order valence-electron chi connectivity index (χ2n) is 5.26. The lowest BCUT2D eigenvalue weighted by Gasteiger charge is -2.24. The van der Waals surface area contributed by atoms with Gasteiger partial charge in [0.05, 0.1) is 5.56 Å². The third-order valence-electron chi connectivity index (χ3n) is 2.89. The van der Waals surface area contributed by atoms with E-state index in [9.17, 15) is 9.18 Å². The zero-order valence-electron chi connectivity index (χ0n) is 11.1. The van der Waals surface area contributed by atoms with Crippen LogP contribution in [0, 0.1) is 11.2 Å². The third kappa shape index (κ3) is 5.61. The molecule has 19 heavy (non-hydrogen) atoms. The summed E-state index contributed by atoms with van der Waals surface area (Å²) in [6.07, 6.45) is 2.05. The van der Waals surface area contributed by atoms with E-state index in [0.717, 1.165) is 18.2 Å². The first-order valence-corrected chi connectivity index (χ1v) is 8.06. The number of amides is 1. The molecule has 0 aliphatic carbocycles. The standard InChI is InChI=1S/C14H18Br2FNO/c1-14(2,6-3-7-15)9-18-13(19)11-8-10(16)4-5-12(11)17/h4-5,8H,3,6-7,9H2,1-2H3,(H,18,19). The van der Waals surface area contributed by atoms with Gasteiger partial charge in [0, 0.05) is 16.3 Å². The highest BCUT2D eigenvalue weighted by atomic mass is 79.9. The number of nitrogens with one attached hydrogen (secondary N) is 1. The van der Waals surface area contributed by atoms with Gasteiger partial charge in [0.1, 0.15) is 5.82 Å². The predicted molar refractivity (Wildman–Crippen MR) is 83.2 cm³/mol. The monoisotopic (exact) mass is 393 g/mol. The van der Waals surface area contributed by atoms with Gasteiger partial charge in [0.15, 0.2) is 0 Å². The number of hydrogen-bond acceptors (Lipinski definition) is 1. The van der Waals surface area contributed by atoms with Crippen LogP contribution >= 0.6 is 31.9 Å². The highest BCUT2D eigenvalue weighted by molar-refractivity contribution is 9.10. The van der Waals surface area contributed by atoms with Gasteiger partial charge < -0.3 is 5.32 Å². The molecule has 0 aliphatic rings. The third-order valence-corrected chi connectivity index (χ3v) is 3.94. The summed E-state index contributed by atoms with van der Waals surface area (Å²) in [6, 6.07) is 4.36. The molecule has 0 atom stereocenters. The lowest BCUT2D eigenvalue weighted by atomic mass is 9.88. The SMILES string of the molecule is CC(C)(CCCBr)CNC(=O)c1cc(Br)ccc1F. The fourth-order valence-corrected chi connectivity index (χ4v) is 2.36. The zero-order chi connectivity index (χ0) is 14.5. The molecule has 106 valence electrons. The molecular formula is C14H18Br2FNO. The number of alkyl halides is 1. The lowest BCUT2D eigenvalue weighted by molar-refractivity contribution is 0.0930. The number of carbonyl (C=O) groups excluding carboxylic acids is 1. The van der Waals surface area contributed by atoms with Crippen LogP contribution in [0.3, 0.4) is 0 Å². The fourth-order valence-electron chi connectivity index (χ4n) is 1.72. The van der Waals surface area contributed by atoms with Crippen molar-refractivity contribution < 1.29 is 9.18 Å². The Morgan fingerprint density at radius 2 is 2.11 bits per heavy atom. The van der Waals surface area contributed by atoms with E-state index in [2.05, 4.69) is 51.0 Å². The summed E-state index contributed by atoms with van der Waals surface area (Å²) in [7, 11) is 0. The Morgan fingerprint density at radius 3 is 2.74 bits per heavy atom. The molecule has 1 N–H and O–H groups in total. The molecule has 2 nitrogen and oxygen atoms in total. The maximum atomic E-state index is 13.6. The van der Waals surface area contributed by atoms with Gasteiger partial charge in [-0.25, -0.2) is 4.39 Å². The first kappa shape index (κ1) is 16.6. The van der Waals surface area contributed by atoms with E-state index in [1.807, 2.05) is 0 Å². The van der Waals surface area contributed by atoms with Gasteiger partial charge in [-0.3, -0.25) is 4.79 Å². The fraction of sp³-hybridized carbons (Fsp3) is 0.500. The van der Waals surface area contributed by atoms with E-state index in [0.29, 0.717) is 11.0 Å². The van der Waals surface area contributed by atoms with Crippen molar-refractivity contribution >= 4 is 37.8 Å². The maximum absolute atomic E-state index is 13.6. The number of hydrogen-bond donors (Lipinski definition) is 1. The molecule has 0 aromatic heterocycles. The van der Waals surface area contributed by atoms with Crippen molar-refractivity contribution in [3.05, 3.63) is 34.1 Å². The molecule has 1 aromatic rings. The van der Waals surface area contributed by atoms with Crippen molar-refractivity contribution in [2.24, 2.45) is 5.41 Å². The Morgan fingerprint density at radius 1 is 1.42 bits per heavy atom. The summed E-state index contributed by atoms with van der Waals surface area (Å²) >= 11 is 6.63. The minimum Gasteiger partial charge on any atom is -0.351 e. The highest BCUT2D eigenvalue weighted by Crippen LogP contribution is 2.22. The Balaban J connectivity index is 2.62. The quantitative estimate of drug-likeness (QED) is 0.706. The average Bonchev–Trinajstić information content (AvgIpc) is 2.36. The van der Waals surface area contributed by atoms with Crippen LogP contribution in [0.25, 0.3) is 0 Å². The van der Waals surface area contributed by atoms with Gasteiger partial charge in [-0.05, 0) is 36.5 Å². The van der Waals surface area contributed by atoms with E-state index in [1.54, 1.807) is 6.07 Å². The topological polar surface area (TPSA) is 29.1 Å². The highest BCUT2D eigenvalue weighted by Gasteiger charge is 2.20. The maximum Gasteiger partial charge on any atom is 0.254 e. The van der Waals surface area contributed by atoms with E-state index < -0.39 is 5.82 Å². The van der Waals surface area contributed by atoms with Crippen LogP contribution in [-0.4, -0.2) is 17.8 Å². The van der Waals surface area contributed by atoms with Crippen molar-refractivity contribution in [2.75, 3.05) is 11.9 Å². The summed E-state index contributed by atoms with van der Waals surface area (Å²) in [5.74, 6) is -0.871. The molecule has 0 bridgehead atoms. The Bertz CT molecular complexity index is 449. The molecular weight excluding hydrogens is 377 g/mol. The van der Waals surface area contributed by atoms with Crippen LogP contribution in [-0.2, 0) is 0 Å². The van der Waals surface area contributed by atoms with Gasteiger partial charge in [-0.15, -0.1) is 0 Å². The van der Waals surface area contributed by atoms with Gasteiger partial charge >= 0.3 is 0 Å². The van der Waals surface area contributed by atoms with Crippen LogP contribution in [0.4, 0.5) is 4.39 Å². The number of benzene rings is 1. The van der Waals surface area contributed by atoms with Crippen LogP contribution in [0.15, 0.2) is 22.7 Å². The number of halogens is 3. The summed E-state index contributed by atoms with van der Waals surface area (Å²) in [6.45, 7) is 4.71. The summed E-state index contributed by atoms with van der Waals surface area (Å²) in [5, 5.41) is 3.75. The first-order chi connectivity index (χ1) is 8.85. The molecule has 0 unspecified atom stereocenters. The van der Waals surface area contributed by atoms with Crippen molar-refractivity contribution in [1.82, 2.24) is 5.32 Å². The van der Waals surface area contributed by atoms with Crippen LogP contribution in [0.2, 0.25) is 0 Å². The van der Waals surface area contributed by atoms with E-state index >= 15 is 0 Å². The van der Waals surface area contributed by atoms with Gasteiger partial charge in [0.2, 0.25) is 0 Å². The van der Waals surface area contributed by atoms with Crippen LogP contribution in [0.5, 0.6) is 0 Å². The molecule has 0 saturated carbocycles. The van der Waals surface area contributed by atoms with Crippen molar-refractivity contribution in [1.29, 1.82) is 0 Å². The molecule has 0 fully saturated rings. The Hall–Kier alpha value is -0.420. The summed E-state index contributed by atoms with van der Waals surface area (Å²) < 4.78 is 14.2. The molecule has 0 spiro atoms. The molecule has 1 aromatic carbocycles. The number of carbonyl (C=O) groups is 1. The minimum absolute atomic E-state index is 0.00587. The Labute approximate surface area is 130 Å². The Kier molecular flexibility index (Phi) is 6.47. The summed E-state index contributed by atoms with van der Waals surface area (Å²) in [5.41, 5.74) is 0.0806. The largest absolute Gasteiger partial charge is 0.351 e. The van der Waals surface area contributed by atoms with Crippen molar-refractivity contribution in [3.8, 4) is 0 Å². The second-order valence-corrected chi connectivity index (χ2v) is 6.97. The van der Waals surface area contributed by atoms with Crippen molar-refractivity contribution in [3.63, 3.8) is 0 Å². The molecule has 0 saturated heterocycles. The smallest absolute Gasteiger partial charge is 0.254 e. The zero-order valence-corrected chi connectivity index (χ0v) is 14.3. The molecule has 0 heterocycles. The van der Waals surface area contributed by atoms with Crippen LogP contribution < -0.4 is 5.32 Å². The van der Waals surface area contributed by atoms with E-state index in [-0.39, 0.29) is 16.9 Å². The van der Waals surface area contributed by atoms with Gasteiger partial charge in [-0.2, -0.15) is 0 Å². The second kappa shape index (κ2) is 7.39. The van der Waals surface area contributed by atoms with Crippen molar-refractivity contribution in [2.45, 2.75) is 26.7 Å². The van der Waals surface area contributed by atoms with Crippen LogP contribution in [0.1, 0.15) is 37.0 Å².